The number of benzene rings is 1. The van der Waals surface area contributed by atoms with Gasteiger partial charge in [0.15, 0.2) is 0 Å². The minimum atomic E-state index is -4.42. The Morgan fingerprint density at radius 1 is 1.12 bits per heavy atom. The van der Waals surface area contributed by atoms with Gasteiger partial charge in [-0.3, -0.25) is 9.78 Å². The van der Waals surface area contributed by atoms with Crippen molar-refractivity contribution in [3.8, 4) is 11.1 Å². The number of hydrogen-bond donors (Lipinski definition) is 0. The number of rotatable bonds is 3. The second-order valence-corrected chi connectivity index (χ2v) is 9.87. The average Bonchev–Trinajstić information content (AvgIpc) is 3.11. The minimum absolute atomic E-state index is 0.153. The summed E-state index contributed by atoms with van der Waals surface area (Å²) in [5.74, 6) is -1.21. The molecule has 180 valence electrons. The van der Waals surface area contributed by atoms with Crippen molar-refractivity contribution in [1.29, 1.82) is 0 Å². The van der Waals surface area contributed by atoms with E-state index in [9.17, 15) is 18.0 Å². The quantitative estimate of drug-likeness (QED) is 0.360. The standard InChI is InChI=1S/C27H27F4NO2/c1-16-24-22(25(33)34-16)14-18-5-2-3-8-23(18)26(24,28)12-11-21-10-9-19(15-32-21)17-6-4-7-20(13-17)27(29,30)31/h4,6-7,9-13,15-16,18,22-24H,2-3,5,8,14H2,1H3/t16-,18?,22?,23?,24?,26?/m1/s1. The van der Waals surface area contributed by atoms with Crippen LogP contribution in [0.25, 0.3) is 17.2 Å². The summed E-state index contributed by atoms with van der Waals surface area (Å²) in [5, 5.41) is 0. The van der Waals surface area contributed by atoms with Crippen molar-refractivity contribution in [2.24, 2.45) is 23.7 Å². The monoisotopic (exact) mass is 473 g/mol. The molecule has 2 heterocycles. The van der Waals surface area contributed by atoms with E-state index in [1.807, 2.05) is 0 Å². The van der Waals surface area contributed by atoms with Crippen LogP contribution in [0.4, 0.5) is 17.6 Å². The molecule has 1 aromatic heterocycles. The van der Waals surface area contributed by atoms with E-state index in [2.05, 4.69) is 4.98 Å². The Morgan fingerprint density at radius 3 is 2.65 bits per heavy atom. The average molecular weight is 474 g/mol. The van der Waals surface area contributed by atoms with Gasteiger partial charge in [-0.15, -0.1) is 0 Å². The molecule has 1 saturated heterocycles. The molecule has 1 aromatic carbocycles. The summed E-state index contributed by atoms with van der Waals surface area (Å²) < 4.78 is 61.4. The van der Waals surface area contributed by atoms with Crippen LogP contribution in [0.15, 0.2) is 48.7 Å². The number of ether oxygens (including phenoxy) is 1. The molecule has 1 aliphatic heterocycles. The lowest BCUT2D eigenvalue weighted by Crippen LogP contribution is -2.53. The summed E-state index contributed by atoms with van der Waals surface area (Å²) in [6.07, 6.45) is 4.25. The molecule has 3 aliphatic rings. The van der Waals surface area contributed by atoms with Crippen molar-refractivity contribution >= 4 is 12.0 Å². The van der Waals surface area contributed by atoms with E-state index in [0.717, 1.165) is 37.8 Å². The van der Waals surface area contributed by atoms with Gasteiger partial charge in [0.25, 0.3) is 0 Å². The van der Waals surface area contributed by atoms with E-state index in [1.54, 1.807) is 37.3 Å². The van der Waals surface area contributed by atoms with Crippen LogP contribution >= 0.6 is 0 Å². The first-order chi connectivity index (χ1) is 16.2. The first-order valence-electron chi connectivity index (χ1n) is 11.9. The molecule has 2 aliphatic carbocycles. The van der Waals surface area contributed by atoms with Gasteiger partial charge in [-0.2, -0.15) is 13.2 Å². The summed E-state index contributed by atoms with van der Waals surface area (Å²) >= 11 is 0. The largest absolute Gasteiger partial charge is 0.462 e. The highest BCUT2D eigenvalue weighted by Gasteiger charge is 2.62. The molecule has 0 radical (unpaired) electrons. The zero-order chi connectivity index (χ0) is 24.1. The summed E-state index contributed by atoms with van der Waals surface area (Å²) in [4.78, 5) is 16.8. The Bertz CT molecular complexity index is 1100. The summed E-state index contributed by atoms with van der Waals surface area (Å²) in [5.41, 5.74) is -0.909. The molecule has 3 fully saturated rings. The Kier molecular flexibility index (Phi) is 5.77. The van der Waals surface area contributed by atoms with E-state index >= 15 is 4.39 Å². The second kappa shape index (κ2) is 8.51. The molecule has 5 rings (SSSR count). The molecular formula is C27H27F4NO2. The van der Waals surface area contributed by atoms with Crippen LogP contribution in [0.1, 0.15) is 50.3 Å². The number of esters is 1. The highest BCUT2D eigenvalue weighted by Crippen LogP contribution is 2.57. The van der Waals surface area contributed by atoms with Crippen LogP contribution in [-0.4, -0.2) is 22.7 Å². The zero-order valence-electron chi connectivity index (χ0n) is 18.9. The lowest BCUT2D eigenvalue weighted by Gasteiger charge is -2.49. The number of halogens is 4. The fourth-order valence-electron chi connectivity index (χ4n) is 6.37. The maximum atomic E-state index is 16.8. The number of carbonyl (C=O) groups excluding carboxylic acids is 1. The van der Waals surface area contributed by atoms with E-state index in [-0.39, 0.29) is 17.8 Å². The smallest absolute Gasteiger partial charge is 0.416 e. The Labute approximate surface area is 196 Å². The van der Waals surface area contributed by atoms with Gasteiger partial charge in [0, 0.05) is 17.7 Å². The Morgan fingerprint density at radius 2 is 1.91 bits per heavy atom. The van der Waals surface area contributed by atoms with Crippen LogP contribution in [0.5, 0.6) is 0 Å². The molecule has 7 heteroatoms. The number of aromatic nitrogens is 1. The van der Waals surface area contributed by atoms with Gasteiger partial charge in [-0.05, 0) is 67.5 Å². The van der Waals surface area contributed by atoms with Crippen molar-refractivity contribution in [2.45, 2.75) is 57.0 Å². The van der Waals surface area contributed by atoms with E-state index in [0.29, 0.717) is 23.2 Å². The number of alkyl halides is 4. The van der Waals surface area contributed by atoms with Gasteiger partial charge in [-0.1, -0.05) is 37.5 Å². The van der Waals surface area contributed by atoms with Crippen LogP contribution in [-0.2, 0) is 15.7 Å². The molecule has 2 saturated carbocycles. The Hall–Kier alpha value is -2.70. The van der Waals surface area contributed by atoms with Gasteiger partial charge in [0.05, 0.1) is 17.2 Å². The third-order valence-corrected chi connectivity index (χ3v) is 7.91. The number of nitrogens with zero attached hydrogens (tertiary/aromatic N) is 1. The zero-order valence-corrected chi connectivity index (χ0v) is 18.9. The third kappa shape index (κ3) is 4.03. The fourth-order valence-corrected chi connectivity index (χ4v) is 6.37. The predicted octanol–water partition coefficient (Wildman–Crippen LogP) is 6.88. The highest BCUT2D eigenvalue weighted by molar-refractivity contribution is 5.76. The van der Waals surface area contributed by atoms with Crippen LogP contribution in [0.2, 0.25) is 0 Å². The number of cyclic esters (lactones) is 1. The molecule has 34 heavy (non-hydrogen) atoms. The highest BCUT2D eigenvalue weighted by atomic mass is 19.4. The Balaban J connectivity index is 1.42. The van der Waals surface area contributed by atoms with Crippen molar-refractivity contribution in [2.75, 3.05) is 0 Å². The molecular weight excluding hydrogens is 446 g/mol. The molecule has 0 spiro atoms. The maximum Gasteiger partial charge on any atom is 0.416 e. The molecule has 2 aromatic rings. The number of fused-ring (bicyclic) bond motifs is 2. The number of carbonyl (C=O) groups is 1. The van der Waals surface area contributed by atoms with Crippen molar-refractivity contribution in [3.63, 3.8) is 0 Å². The molecule has 3 nitrogen and oxygen atoms in total. The van der Waals surface area contributed by atoms with Gasteiger partial charge >= 0.3 is 12.1 Å². The molecule has 5 unspecified atom stereocenters. The molecule has 0 bridgehead atoms. The summed E-state index contributed by atoms with van der Waals surface area (Å²) in [6, 6.07) is 8.45. The number of hydrogen-bond acceptors (Lipinski definition) is 3. The SMILES string of the molecule is C[C@H]1OC(=O)C2CC3CCCCC3C(F)(C=Cc3ccc(-c4cccc(C(F)(F)F)c4)cn3)C21. The summed E-state index contributed by atoms with van der Waals surface area (Å²) in [6.45, 7) is 1.77. The first-order valence-corrected chi connectivity index (χ1v) is 11.9. The number of pyridine rings is 1. The topological polar surface area (TPSA) is 39.2 Å². The lowest BCUT2D eigenvalue weighted by molar-refractivity contribution is -0.144. The molecule has 0 amide bonds. The van der Waals surface area contributed by atoms with Crippen molar-refractivity contribution in [1.82, 2.24) is 4.98 Å². The third-order valence-electron chi connectivity index (χ3n) is 7.91. The van der Waals surface area contributed by atoms with Gasteiger partial charge < -0.3 is 4.74 Å². The van der Waals surface area contributed by atoms with Crippen molar-refractivity contribution in [3.05, 3.63) is 59.9 Å². The first kappa shape index (κ1) is 23.1. The fraction of sp³-hybridized carbons (Fsp3) is 0.481. The molecule has 6 atom stereocenters. The van der Waals surface area contributed by atoms with Crippen molar-refractivity contribution < 1.29 is 27.1 Å². The minimum Gasteiger partial charge on any atom is -0.462 e. The number of allylic oxidation sites excluding steroid dienone is 1. The predicted molar refractivity (Wildman–Crippen MR) is 120 cm³/mol. The van der Waals surface area contributed by atoms with E-state index < -0.39 is 35.3 Å². The van der Waals surface area contributed by atoms with Crippen LogP contribution in [0.3, 0.4) is 0 Å². The maximum absolute atomic E-state index is 16.8. The van der Waals surface area contributed by atoms with Gasteiger partial charge in [0.2, 0.25) is 0 Å². The molecule has 0 N–H and O–H groups in total. The van der Waals surface area contributed by atoms with Crippen LogP contribution in [0, 0.1) is 23.7 Å². The van der Waals surface area contributed by atoms with Crippen LogP contribution < -0.4 is 0 Å². The van der Waals surface area contributed by atoms with Gasteiger partial charge in [-0.25, -0.2) is 4.39 Å². The van der Waals surface area contributed by atoms with Gasteiger partial charge in [0.1, 0.15) is 11.8 Å². The van der Waals surface area contributed by atoms with E-state index in [4.69, 9.17) is 4.74 Å². The van der Waals surface area contributed by atoms with E-state index in [1.165, 1.54) is 12.3 Å². The second-order valence-electron chi connectivity index (χ2n) is 9.87. The lowest BCUT2D eigenvalue weighted by atomic mass is 9.56. The normalized spacial score (nSPS) is 33.4. The summed E-state index contributed by atoms with van der Waals surface area (Å²) in [7, 11) is 0.